The van der Waals surface area contributed by atoms with Gasteiger partial charge >= 0.3 is 5.97 Å². The molecule has 1 aromatic heterocycles. The number of amides is 1. The topological polar surface area (TPSA) is 95.3 Å². The van der Waals surface area contributed by atoms with Crippen LogP contribution in [0.3, 0.4) is 0 Å². The molecule has 8 nitrogen and oxygen atoms in total. The van der Waals surface area contributed by atoms with Gasteiger partial charge in [0, 0.05) is 12.2 Å². The number of ether oxygens (including phenoxy) is 2. The minimum atomic E-state index is -0.592. The Morgan fingerprint density at radius 1 is 1.21 bits per heavy atom. The van der Waals surface area contributed by atoms with Crippen molar-refractivity contribution in [2.24, 2.45) is 0 Å². The van der Waals surface area contributed by atoms with Gasteiger partial charge in [0.1, 0.15) is 11.6 Å². The highest BCUT2D eigenvalue weighted by Gasteiger charge is 2.20. The Bertz CT molecular complexity index is 1140. The van der Waals surface area contributed by atoms with Gasteiger partial charge in [0.2, 0.25) is 5.91 Å². The minimum Gasteiger partial charge on any atom is -0.483 e. The van der Waals surface area contributed by atoms with Gasteiger partial charge < -0.3 is 19.4 Å². The standard InChI is InChI=1S/C22H22ClFN4O4S/c1-4-28-20(13(2)32-16-8-5-14(24)6-9-16)26-27-22(28)33-12-19(29)25-15-7-10-18(23)17(11-15)21(30)31-3/h5-11,13H,4,12H2,1-3H3,(H,25,29). The molecule has 0 spiro atoms. The van der Waals surface area contributed by atoms with Crippen LogP contribution in [0.1, 0.15) is 36.1 Å². The van der Waals surface area contributed by atoms with Gasteiger partial charge in [-0.25, -0.2) is 9.18 Å². The van der Waals surface area contributed by atoms with Crippen LogP contribution in [0.15, 0.2) is 47.6 Å². The summed E-state index contributed by atoms with van der Waals surface area (Å²) in [4.78, 5) is 24.2. The molecule has 3 rings (SSSR count). The summed E-state index contributed by atoms with van der Waals surface area (Å²) in [6.45, 7) is 4.33. The number of halogens is 2. The number of nitrogens with one attached hydrogen (secondary N) is 1. The van der Waals surface area contributed by atoms with Gasteiger partial charge in [0.25, 0.3) is 0 Å². The lowest BCUT2D eigenvalue weighted by molar-refractivity contribution is -0.113. The zero-order chi connectivity index (χ0) is 24.0. The quantitative estimate of drug-likeness (QED) is 0.340. The van der Waals surface area contributed by atoms with E-state index >= 15 is 0 Å². The van der Waals surface area contributed by atoms with Crippen molar-refractivity contribution in [3.63, 3.8) is 0 Å². The summed E-state index contributed by atoms with van der Waals surface area (Å²) >= 11 is 7.22. The van der Waals surface area contributed by atoms with Crippen LogP contribution in [0, 0.1) is 5.82 Å². The first-order chi connectivity index (χ1) is 15.8. The Morgan fingerprint density at radius 2 is 1.94 bits per heavy atom. The number of hydrogen-bond acceptors (Lipinski definition) is 7. The van der Waals surface area contributed by atoms with Crippen molar-refractivity contribution in [1.82, 2.24) is 14.8 Å². The van der Waals surface area contributed by atoms with E-state index in [1.54, 1.807) is 18.2 Å². The van der Waals surface area contributed by atoms with Crippen LogP contribution >= 0.6 is 23.4 Å². The molecule has 0 aliphatic carbocycles. The number of anilines is 1. The van der Waals surface area contributed by atoms with Crippen LogP contribution in [0.2, 0.25) is 5.02 Å². The number of carbonyl (C=O) groups excluding carboxylic acids is 2. The molecule has 33 heavy (non-hydrogen) atoms. The number of rotatable bonds is 9. The third kappa shape index (κ3) is 6.23. The summed E-state index contributed by atoms with van der Waals surface area (Å²) < 4.78 is 25.5. The van der Waals surface area contributed by atoms with Crippen LogP contribution in [0.4, 0.5) is 10.1 Å². The van der Waals surface area contributed by atoms with Crippen LogP contribution in [0.5, 0.6) is 5.75 Å². The first-order valence-corrected chi connectivity index (χ1v) is 11.3. The molecule has 0 aliphatic heterocycles. The number of esters is 1. The van der Waals surface area contributed by atoms with Crippen molar-refractivity contribution >= 4 is 40.9 Å². The zero-order valence-corrected chi connectivity index (χ0v) is 19.7. The van der Waals surface area contributed by atoms with Crippen molar-refractivity contribution < 1.29 is 23.5 Å². The second-order valence-corrected chi connectivity index (χ2v) is 8.17. The Labute approximate surface area is 199 Å². The fraction of sp³-hybridized carbons (Fsp3) is 0.273. The average molecular weight is 493 g/mol. The Hall–Kier alpha value is -3.11. The van der Waals surface area contributed by atoms with Crippen LogP contribution in [0.25, 0.3) is 0 Å². The van der Waals surface area contributed by atoms with Gasteiger partial charge in [-0.1, -0.05) is 23.4 Å². The smallest absolute Gasteiger partial charge is 0.339 e. The van der Waals surface area contributed by atoms with Crippen molar-refractivity contribution in [2.45, 2.75) is 31.7 Å². The highest BCUT2D eigenvalue weighted by molar-refractivity contribution is 7.99. The molecule has 11 heteroatoms. The van der Waals surface area contributed by atoms with E-state index < -0.39 is 12.1 Å². The van der Waals surface area contributed by atoms with E-state index in [9.17, 15) is 14.0 Å². The summed E-state index contributed by atoms with van der Waals surface area (Å²) in [5.41, 5.74) is 0.583. The maximum Gasteiger partial charge on any atom is 0.339 e. The van der Waals surface area contributed by atoms with Gasteiger partial charge in [-0.05, 0) is 56.3 Å². The molecule has 0 saturated heterocycles. The van der Waals surface area contributed by atoms with Gasteiger partial charge in [-0.15, -0.1) is 10.2 Å². The van der Waals surface area contributed by atoms with Gasteiger partial charge in [-0.2, -0.15) is 0 Å². The molecule has 0 aliphatic rings. The molecule has 1 N–H and O–H groups in total. The molecule has 0 saturated carbocycles. The molecule has 1 atom stereocenters. The van der Waals surface area contributed by atoms with Crippen molar-refractivity contribution in [2.75, 3.05) is 18.2 Å². The van der Waals surface area contributed by atoms with Crippen molar-refractivity contribution in [1.29, 1.82) is 0 Å². The largest absolute Gasteiger partial charge is 0.483 e. The molecule has 3 aromatic rings. The third-order valence-electron chi connectivity index (χ3n) is 4.54. The Kier molecular flexibility index (Phi) is 8.29. The number of thioether (sulfide) groups is 1. The third-order valence-corrected chi connectivity index (χ3v) is 5.84. The molecular formula is C22H22ClFN4O4S. The number of benzene rings is 2. The second kappa shape index (κ2) is 11.2. The van der Waals surface area contributed by atoms with E-state index in [-0.39, 0.29) is 28.1 Å². The minimum absolute atomic E-state index is 0.0709. The molecule has 1 unspecified atom stereocenters. The maximum absolute atomic E-state index is 13.1. The monoisotopic (exact) mass is 492 g/mol. The highest BCUT2D eigenvalue weighted by Crippen LogP contribution is 2.25. The lowest BCUT2D eigenvalue weighted by atomic mass is 10.2. The van der Waals surface area contributed by atoms with E-state index in [1.807, 2.05) is 18.4 Å². The van der Waals surface area contributed by atoms with Gasteiger partial charge in [0.15, 0.2) is 17.1 Å². The van der Waals surface area contributed by atoms with Crippen molar-refractivity contribution in [3.8, 4) is 5.75 Å². The predicted octanol–water partition coefficient (Wildman–Crippen LogP) is 4.75. The molecule has 0 bridgehead atoms. The molecule has 174 valence electrons. The summed E-state index contributed by atoms with van der Waals surface area (Å²) in [7, 11) is 1.25. The van der Waals surface area contributed by atoms with E-state index in [1.165, 1.54) is 43.1 Å². The molecule has 1 amide bonds. The van der Waals surface area contributed by atoms with Gasteiger partial charge in [-0.3, -0.25) is 4.79 Å². The zero-order valence-electron chi connectivity index (χ0n) is 18.2. The number of hydrogen-bond donors (Lipinski definition) is 1. The van der Waals surface area contributed by atoms with E-state index in [0.29, 0.717) is 29.0 Å². The van der Waals surface area contributed by atoms with Gasteiger partial charge in [0.05, 0.1) is 23.4 Å². The van der Waals surface area contributed by atoms with E-state index in [0.717, 1.165) is 0 Å². The lowest BCUT2D eigenvalue weighted by Crippen LogP contribution is -2.16. The normalized spacial score (nSPS) is 11.7. The van der Waals surface area contributed by atoms with E-state index in [4.69, 9.17) is 16.3 Å². The van der Waals surface area contributed by atoms with Crippen LogP contribution in [-0.4, -0.2) is 39.5 Å². The van der Waals surface area contributed by atoms with Crippen LogP contribution < -0.4 is 10.1 Å². The number of carbonyl (C=O) groups is 2. The molecule has 2 aromatic carbocycles. The van der Waals surface area contributed by atoms with Crippen molar-refractivity contribution in [3.05, 3.63) is 64.7 Å². The maximum atomic E-state index is 13.1. The molecule has 0 fully saturated rings. The number of methoxy groups -OCH3 is 1. The molecule has 1 heterocycles. The van der Waals surface area contributed by atoms with E-state index in [2.05, 4.69) is 20.3 Å². The fourth-order valence-electron chi connectivity index (χ4n) is 2.97. The molecule has 0 radical (unpaired) electrons. The number of aromatic nitrogens is 3. The average Bonchev–Trinajstić information content (AvgIpc) is 3.23. The SMILES string of the molecule is CCn1c(SCC(=O)Nc2ccc(Cl)c(C(=O)OC)c2)nnc1C(C)Oc1ccc(F)cc1. The first-order valence-electron chi connectivity index (χ1n) is 9.98. The predicted molar refractivity (Wildman–Crippen MR) is 123 cm³/mol. The fourth-order valence-corrected chi connectivity index (χ4v) is 3.98. The summed E-state index contributed by atoms with van der Waals surface area (Å²) in [6.07, 6.45) is -0.433. The molecular weight excluding hydrogens is 471 g/mol. The first kappa shape index (κ1) is 24.5. The second-order valence-electron chi connectivity index (χ2n) is 6.82. The number of nitrogens with zero attached hydrogens (tertiary/aromatic N) is 3. The van der Waals surface area contributed by atoms with Crippen LogP contribution in [-0.2, 0) is 16.1 Å². The Balaban J connectivity index is 1.63. The Morgan fingerprint density at radius 3 is 2.61 bits per heavy atom. The summed E-state index contributed by atoms with van der Waals surface area (Å²) in [5, 5.41) is 11.9. The highest BCUT2D eigenvalue weighted by atomic mass is 35.5. The lowest BCUT2D eigenvalue weighted by Gasteiger charge is -2.15. The summed E-state index contributed by atoms with van der Waals surface area (Å²) in [6, 6.07) is 10.3. The summed E-state index contributed by atoms with van der Waals surface area (Å²) in [5.74, 6) is -0.0556.